The Labute approximate surface area is 161 Å². The first-order chi connectivity index (χ1) is 12.8. The summed E-state index contributed by atoms with van der Waals surface area (Å²) in [6.07, 6.45) is 0. The molecule has 0 spiro atoms. The minimum atomic E-state index is -3.87. The Bertz CT molecular complexity index is 1300. The molecular weight excluding hydrogens is 386 g/mol. The van der Waals surface area contributed by atoms with Crippen LogP contribution in [0.4, 0.5) is 5.82 Å². The summed E-state index contributed by atoms with van der Waals surface area (Å²) in [5.41, 5.74) is 1.69. The number of aryl methyl sites for hydroxylation is 1. The predicted molar refractivity (Wildman–Crippen MR) is 104 cm³/mol. The third kappa shape index (κ3) is 2.81. The topological polar surface area (TPSA) is 80.5 Å². The van der Waals surface area contributed by atoms with Gasteiger partial charge in [-0.1, -0.05) is 28.9 Å². The Kier molecular flexibility index (Phi) is 4.05. The summed E-state index contributed by atoms with van der Waals surface area (Å²) in [6, 6.07) is 12.0. The van der Waals surface area contributed by atoms with E-state index in [1.165, 1.54) is 4.52 Å². The van der Waals surface area contributed by atoms with Crippen molar-refractivity contribution < 1.29 is 8.42 Å². The summed E-state index contributed by atoms with van der Waals surface area (Å²) in [4.78, 5) is 6.51. The molecule has 0 N–H and O–H groups in total. The number of anilines is 1. The number of hydrogen-bond donors (Lipinski definition) is 0. The molecule has 4 aromatic rings. The molecule has 7 nitrogen and oxygen atoms in total. The first-order valence-corrected chi connectivity index (χ1v) is 9.99. The van der Waals surface area contributed by atoms with E-state index in [9.17, 15) is 8.42 Å². The second-order valence-corrected chi connectivity index (χ2v) is 8.74. The lowest BCUT2D eigenvalue weighted by Crippen LogP contribution is -2.13. The van der Waals surface area contributed by atoms with Gasteiger partial charge >= 0.3 is 0 Å². The fourth-order valence-corrected chi connectivity index (χ4v) is 4.47. The molecule has 0 amide bonds. The van der Waals surface area contributed by atoms with Crippen molar-refractivity contribution in [1.29, 1.82) is 0 Å². The average Bonchev–Trinajstić information content (AvgIpc) is 3.05. The number of halogens is 1. The van der Waals surface area contributed by atoms with E-state index in [1.54, 1.807) is 41.3 Å². The maximum atomic E-state index is 13.1. The number of nitrogens with zero attached hydrogens (tertiary/aromatic N) is 5. The lowest BCUT2D eigenvalue weighted by molar-refractivity contribution is 0.592. The molecule has 0 bridgehead atoms. The first kappa shape index (κ1) is 17.7. The number of rotatable bonds is 3. The van der Waals surface area contributed by atoms with Gasteiger partial charge in [-0.25, -0.2) is 13.4 Å². The van der Waals surface area contributed by atoms with Gasteiger partial charge in [0.05, 0.1) is 10.4 Å². The monoisotopic (exact) mass is 401 g/mol. The zero-order valence-corrected chi connectivity index (χ0v) is 16.5. The van der Waals surface area contributed by atoms with Crippen molar-refractivity contribution in [3.8, 4) is 0 Å². The van der Waals surface area contributed by atoms with Crippen LogP contribution in [0.1, 0.15) is 5.56 Å². The van der Waals surface area contributed by atoms with Crippen molar-refractivity contribution >= 4 is 43.8 Å². The highest BCUT2D eigenvalue weighted by Gasteiger charge is 2.27. The van der Waals surface area contributed by atoms with Crippen molar-refractivity contribution in [2.24, 2.45) is 0 Å². The van der Waals surface area contributed by atoms with Crippen LogP contribution < -0.4 is 4.90 Å². The van der Waals surface area contributed by atoms with Crippen molar-refractivity contribution in [2.75, 3.05) is 19.0 Å². The van der Waals surface area contributed by atoms with E-state index in [0.717, 1.165) is 10.9 Å². The van der Waals surface area contributed by atoms with Crippen LogP contribution in [0.15, 0.2) is 52.4 Å². The lowest BCUT2D eigenvalue weighted by Gasteiger charge is -2.15. The maximum absolute atomic E-state index is 13.1. The Balaban J connectivity index is 2.07. The third-order valence-corrected chi connectivity index (χ3v) is 6.12. The molecule has 9 heteroatoms. The Morgan fingerprint density at radius 1 is 1.11 bits per heavy atom. The molecule has 0 fully saturated rings. The molecule has 0 aliphatic rings. The Morgan fingerprint density at radius 3 is 2.59 bits per heavy atom. The molecule has 0 aliphatic carbocycles. The van der Waals surface area contributed by atoms with Crippen molar-refractivity contribution in [3.05, 3.63) is 53.1 Å². The summed E-state index contributed by atoms with van der Waals surface area (Å²) in [5.74, 6) is 0.586. The normalized spacial score (nSPS) is 12.0. The third-order valence-electron chi connectivity index (χ3n) is 4.23. The molecule has 4 rings (SSSR count). The molecule has 2 heterocycles. The number of aromatic nitrogens is 4. The summed E-state index contributed by atoms with van der Waals surface area (Å²) in [5, 5.41) is 9.15. The van der Waals surface area contributed by atoms with Crippen molar-refractivity contribution in [2.45, 2.75) is 16.8 Å². The van der Waals surface area contributed by atoms with Gasteiger partial charge in [0.2, 0.25) is 14.9 Å². The molecule has 0 saturated carbocycles. The highest BCUT2D eigenvalue weighted by atomic mass is 35.5. The van der Waals surface area contributed by atoms with E-state index in [1.807, 2.05) is 27.1 Å². The van der Waals surface area contributed by atoms with Gasteiger partial charge in [0.25, 0.3) is 0 Å². The van der Waals surface area contributed by atoms with Gasteiger partial charge in [-0.05, 0) is 42.8 Å². The average molecular weight is 402 g/mol. The SMILES string of the molecule is Cc1cccc(S(=O)(=O)c2nnn3c2nc(N(C)C)c2cc(Cl)ccc23)c1. The van der Waals surface area contributed by atoms with Crippen LogP contribution >= 0.6 is 11.6 Å². The van der Waals surface area contributed by atoms with Crippen LogP contribution in [0, 0.1) is 6.92 Å². The van der Waals surface area contributed by atoms with Gasteiger partial charge < -0.3 is 4.90 Å². The second kappa shape index (κ2) is 6.17. The largest absolute Gasteiger partial charge is 0.362 e. The molecule has 0 aliphatic heterocycles. The molecule has 0 unspecified atom stereocenters. The van der Waals surface area contributed by atoms with Crippen LogP contribution in [0.5, 0.6) is 0 Å². The van der Waals surface area contributed by atoms with Crippen LogP contribution in [0.2, 0.25) is 5.02 Å². The second-order valence-electron chi connectivity index (χ2n) is 6.44. The van der Waals surface area contributed by atoms with Crippen LogP contribution in [-0.4, -0.2) is 42.3 Å². The molecule has 2 aromatic heterocycles. The fraction of sp³-hybridized carbons (Fsp3) is 0.167. The lowest BCUT2D eigenvalue weighted by atomic mass is 10.2. The van der Waals surface area contributed by atoms with E-state index in [4.69, 9.17) is 11.6 Å². The molecule has 138 valence electrons. The van der Waals surface area contributed by atoms with Gasteiger partial charge in [0.1, 0.15) is 5.82 Å². The molecule has 2 aromatic carbocycles. The number of sulfone groups is 1. The number of hydrogen-bond acceptors (Lipinski definition) is 6. The van der Waals surface area contributed by atoms with Crippen molar-refractivity contribution in [3.63, 3.8) is 0 Å². The van der Waals surface area contributed by atoms with E-state index in [0.29, 0.717) is 16.4 Å². The quantitative estimate of drug-likeness (QED) is 0.524. The first-order valence-electron chi connectivity index (χ1n) is 8.13. The summed E-state index contributed by atoms with van der Waals surface area (Å²) in [6.45, 7) is 1.84. The predicted octanol–water partition coefficient (Wildman–Crippen LogP) is 3.14. The summed E-state index contributed by atoms with van der Waals surface area (Å²) >= 11 is 6.13. The van der Waals surface area contributed by atoms with E-state index >= 15 is 0 Å². The van der Waals surface area contributed by atoms with E-state index < -0.39 is 9.84 Å². The van der Waals surface area contributed by atoms with Crippen LogP contribution in [0.3, 0.4) is 0 Å². The molecular formula is C18H16ClN5O2S. The summed E-state index contributed by atoms with van der Waals surface area (Å²) in [7, 11) is -0.203. The highest BCUT2D eigenvalue weighted by Crippen LogP contribution is 2.30. The van der Waals surface area contributed by atoms with Crippen LogP contribution in [-0.2, 0) is 9.84 Å². The highest BCUT2D eigenvalue weighted by molar-refractivity contribution is 7.91. The van der Waals surface area contributed by atoms with Gasteiger partial charge in [0.15, 0.2) is 5.65 Å². The molecule has 0 radical (unpaired) electrons. The minimum absolute atomic E-state index is 0.161. The fourth-order valence-electron chi connectivity index (χ4n) is 2.96. The van der Waals surface area contributed by atoms with Gasteiger partial charge in [-0.3, -0.25) is 0 Å². The zero-order valence-electron chi connectivity index (χ0n) is 14.9. The van der Waals surface area contributed by atoms with Gasteiger partial charge in [0, 0.05) is 24.5 Å². The molecule has 0 atom stereocenters. The van der Waals surface area contributed by atoms with Gasteiger partial charge in [-0.15, -0.1) is 5.10 Å². The van der Waals surface area contributed by atoms with Gasteiger partial charge in [-0.2, -0.15) is 4.52 Å². The minimum Gasteiger partial charge on any atom is -0.362 e. The van der Waals surface area contributed by atoms with E-state index in [-0.39, 0.29) is 15.6 Å². The van der Waals surface area contributed by atoms with Crippen LogP contribution in [0.25, 0.3) is 16.6 Å². The molecule has 27 heavy (non-hydrogen) atoms. The summed E-state index contributed by atoms with van der Waals surface area (Å²) < 4.78 is 27.7. The number of benzene rings is 2. The zero-order chi connectivity index (χ0) is 19.3. The van der Waals surface area contributed by atoms with Crippen molar-refractivity contribution in [1.82, 2.24) is 19.8 Å². The maximum Gasteiger partial charge on any atom is 0.229 e. The smallest absolute Gasteiger partial charge is 0.229 e. The Morgan fingerprint density at radius 2 is 1.89 bits per heavy atom. The number of fused-ring (bicyclic) bond motifs is 3. The Hall–Kier alpha value is -2.71. The standard InChI is InChI=1S/C18H16ClN5O2S/c1-11-5-4-6-13(9-11)27(25,26)18-17-20-16(23(2)3)14-10-12(19)7-8-15(14)24(17)22-21-18/h4-10H,1-3H3. The molecule has 0 saturated heterocycles. The van der Waals surface area contributed by atoms with E-state index in [2.05, 4.69) is 15.3 Å².